The summed E-state index contributed by atoms with van der Waals surface area (Å²) in [5.74, 6) is -0.180. The van der Waals surface area contributed by atoms with Crippen molar-refractivity contribution in [3.8, 4) is 0 Å². The number of carbonyl (C=O) groups is 1. The topological polar surface area (TPSA) is 66.5 Å². The zero-order valence-electron chi connectivity index (χ0n) is 14.1. The second-order valence-corrected chi connectivity index (χ2v) is 8.59. The van der Waals surface area contributed by atoms with Gasteiger partial charge in [0.25, 0.3) is 15.9 Å². The first kappa shape index (κ1) is 19.0. The molecule has 8 heteroatoms. The Bertz CT molecular complexity index is 955. The molecule has 1 N–H and O–H groups in total. The Morgan fingerprint density at radius 1 is 1.08 bits per heavy atom. The third-order valence-electron chi connectivity index (χ3n) is 4.34. The van der Waals surface area contributed by atoms with Gasteiger partial charge in [-0.3, -0.25) is 9.52 Å². The molecule has 1 saturated heterocycles. The molecule has 0 aromatic heterocycles. The first-order valence-corrected chi connectivity index (χ1v) is 10.4. The van der Waals surface area contributed by atoms with E-state index in [4.69, 9.17) is 23.2 Å². The summed E-state index contributed by atoms with van der Waals surface area (Å²) in [7, 11) is -4.01. The van der Waals surface area contributed by atoms with Crippen molar-refractivity contribution in [2.45, 2.75) is 24.7 Å². The van der Waals surface area contributed by atoms with Crippen LogP contribution in [0.1, 0.15) is 28.8 Å². The van der Waals surface area contributed by atoms with Crippen LogP contribution in [0, 0.1) is 6.92 Å². The molecule has 138 valence electrons. The van der Waals surface area contributed by atoms with Crippen LogP contribution >= 0.6 is 23.2 Å². The lowest BCUT2D eigenvalue weighted by Crippen LogP contribution is -2.29. The van der Waals surface area contributed by atoms with Gasteiger partial charge in [-0.25, -0.2) is 8.42 Å². The summed E-state index contributed by atoms with van der Waals surface area (Å²) >= 11 is 12.0. The van der Waals surface area contributed by atoms with Gasteiger partial charge >= 0.3 is 0 Å². The molecular formula is C18H18Cl2N2O3S. The highest BCUT2D eigenvalue weighted by Gasteiger charge is 2.26. The Kier molecular flexibility index (Phi) is 5.46. The molecule has 1 aliphatic rings. The van der Waals surface area contributed by atoms with E-state index in [1.54, 1.807) is 30.0 Å². The van der Waals surface area contributed by atoms with Crippen LogP contribution in [0.4, 0.5) is 5.69 Å². The van der Waals surface area contributed by atoms with Crippen molar-refractivity contribution in [3.05, 3.63) is 57.6 Å². The van der Waals surface area contributed by atoms with Gasteiger partial charge in [0.05, 0.1) is 21.3 Å². The number of anilines is 1. The number of nitrogens with one attached hydrogen (secondary N) is 1. The largest absolute Gasteiger partial charge is 0.339 e. The predicted molar refractivity (Wildman–Crippen MR) is 104 cm³/mol. The minimum atomic E-state index is -4.01. The lowest BCUT2D eigenvalue weighted by atomic mass is 10.1. The molecule has 0 aliphatic carbocycles. The number of nitrogens with zero attached hydrogens (tertiary/aromatic N) is 1. The quantitative estimate of drug-likeness (QED) is 0.811. The van der Waals surface area contributed by atoms with Crippen LogP contribution in [0.2, 0.25) is 10.0 Å². The number of likely N-dealkylation sites (tertiary alicyclic amines) is 1. The molecule has 1 aliphatic heterocycles. The monoisotopic (exact) mass is 412 g/mol. The Morgan fingerprint density at radius 2 is 1.73 bits per heavy atom. The summed E-state index contributed by atoms with van der Waals surface area (Å²) in [6.07, 6.45) is 1.91. The van der Waals surface area contributed by atoms with Gasteiger partial charge in [-0.05, 0) is 43.5 Å². The number of hydrogen-bond acceptors (Lipinski definition) is 3. The minimum Gasteiger partial charge on any atom is -0.339 e. The molecule has 0 atom stereocenters. The van der Waals surface area contributed by atoms with Crippen molar-refractivity contribution in [3.63, 3.8) is 0 Å². The Balaban J connectivity index is 2.02. The van der Waals surface area contributed by atoms with E-state index >= 15 is 0 Å². The van der Waals surface area contributed by atoms with Crippen LogP contribution in [0.25, 0.3) is 0 Å². The van der Waals surface area contributed by atoms with Crippen LogP contribution in [-0.4, -0.2) is 32.3 Å². The van der Waals surface area contributed by atoms with E-state index in [2.05, 4.69) is 4.72 Å². The van der Waals surface area contributed by atoms with Gasteiger partial charge in [0.2, 0.25) is 0 Å². The molecule has 0 saturated carbocycles. The normalized spacial score (nSPS) is 14.5. The van der Waals surface area contributed by atoms with E-state index in [9.17, 15) is 13.2 Å². The third-order valence-corrected chi connectivity index (χ3v) is 6.66. The maximum atomic E-state index is 12.8. The number of amides is 1. The number of para-hydroxylation sites is 1. The number of benzene rings is 2. The average Bonchev–Trinajstić information content (AvgIpc) is 3.13. The smallest absolute Gasteiger partial charge is 0.263 e. The van der Waals surface area contributed by atoms with Gasteiger partial charge in [-0.15, -0.1) is 0 Å². The zero-order chi connectivity index (χ0) is 18.9. The first-order valence-electron chi connectivity index (χ1n) is 8.17. The molecule has 2 aromatic carbocycles. The number of rotatable bonds is 4. The summed E-state index contributed by atoms with van der Waals surface area (Å²) in [6.45, 7) is 3.11. The molecule has 3 rings (SSSR count). The van der Waals surface area contributed by atoms with Gasteiger partial charge in [-0.1, -0.05) is 41.4 Å². The molecule has 2 aromatic rings. The Hall–Kier alpha value is -1.76. The van der Waals surface area contributed by atoms with Crippen LogP contribution in [-0.2, 0) is 10.0 Å². The van der Waals surface area contributed by atoms with Crippen molar-refractivity contribution in [2.24, 2.45) is 0 Å². The molecule has 1 fully saturated rings. The maximum Gasteiger partial charge on any atom is 0.263 e. The molecule has 0 bridgehead atoms. The Labute approximate surface area is 163 Å². The number of hydrogen-bond donors (Lipinski definition) is 1. The first-order chi connectivity index (χ1) is 12.3. The highest BCUT2D eigenvalue weighted by Crippen LogP contribution is 2.32. The summed E-state index contributed by atoms with van der Waals surface area (Å²) in [4.78, 5) is 14.4. The number of carbonyl (C=O) groups excluding carboxylic acids is 1. The Morgan fingerprint density at radius 3 is 2.42 bits per heavy atom. The van der Waals surface area contributed by atoms with E-state index in [0.29, 0.717) is 24.2 Å². The van der Waals surface area contributed by atoms with Gasteiger partial charge in [0.15, 0.2) is 0 Å². The fourth-order valence-electron chi connectivity index (χ4n) is 2.95. The average molecular weight is 413 g/mol. The van der Waals surface area contributed by atoms with E-state index in [0.717, 1.165) is 12.8 Å². The van der Waals surface area contributed by atoms with Crippen molar-refractivity contribution in [1.82, 2.24) is 4.90 Å². The maximum absolute atomic E-state index is 12.8. The van der Waals surface area contributed by atoms with Crippen LogP contribution in [0.15, 0.2) is 41.3 Å². The molecule has 0 radical (unpaired) electrons. The van der Waals surface area contributed by atoms with Gasteiger partial charge in [0, 0.05) is 13.1 Å². The SMILES string of the molecule is Cc1cccc(C(=O)N2CCCC2)c1NS(=O)(=O)c1cccc(Cl)c1Cl. The van der Waals surface area contributed by atoms with Gasteiger partial charge in [-0.2, -0.15) is 0 Å². The molecule has 0 spiro atoms. The highest BCUT2D eigenvalue weighted by atomic mass is 35.5. The van der Waals surface area contributed by atoms with Gasteiger partial charge in [0.1, 0.15) is 4.90 Å². The summed E-state index contributed by atoms with van der Waals surface area (Å²) in [5, 5.41) is 0.0929. The lowest BCUT2D eigenvalue weighted by molar-refractivity contribution is 0.0794. The van der Waals surface area contributed by atoms with Gasteiger partial charge < -0.3 is 4.90 Å². The second-order valence-electron chi connectivity index (χ2n) is 6.15. The number of sulfonamides is 1. The van der Waals surface area contributed by atoms with E-state index in [1.807, 2.05) is 0 Å². The third kappa shape index (κ3) is 3.68. The molecule has 5 nitrogen and oxygen atoms in total. The fourth-order valence-corrected chi connectivity index (χ4v) is 4.87. The zero-order valence-corrected chi connectivity index (χ0v) is 16.5. The lowest BCUT2D eigenvalue weighted by Gasteiger charge is -2.20. The second kappa shape index (κ2) is 7.47. The highest BCUT2D eigenvalue weighted by molar-refractivity contribution is 7.92. The van der Waals surface area contributed by atoms with Crippen molar-refractivity contribution < 1.29 is 13.2 Å². The standard InChI is InChI=1S/C18H18Cl2N2O3S/c1-12-6-4-7-13(18(23)22-10-2-3-11-22)17(12)21-26(24,25)15-9-5-8-14(19)16(15)20/h4-9,21H,2-3,10-11H2,1H3. The minimum absolute atomic E-state index is 0.0531. The predicted octanol–water partition coefficient (Wildman–Crippen LogP) is 4.34. The number of aryl methyl sites for hydroxylation is 1. The van der Waals surface area contributed by atoms with Crippen molar-refractivity contribution >= 4 is 44.8 Å². The van der Waals surface area contributed by atoms with Crippen molar-refractivity contribution in [2.75, 3.05) is 17.8 Å². The van der Waals surface area contributed by atoms with E-state index in [1.165, 1.54) is 18.2 Å². The molecular weight excluding hydrogens is 395 g/mol. The molecule has 1 heterocycles. The molecule has 26 heavy (non-hydrogen) atoms. The number of halogens is 2. The molecule has 0 unspecified atom stereocenters. The van der Waals surface area contributed by atoms with E-state index in [-0.39, 0.29) is 26.5 Å². The van der Waals surface area contributed by atoms with Crippen LogP contribution in [0.3, 0.4) is 0 Å². The summed E-state index contributed by atoms with van der Waals surface area (Å²) < 4.78 is 28.2. The summed E-state index contributed by atoms with van der Waals surface area (Å²) in [5.41, 5.74) is 1.24. The van der Waals surface area contributed by atoms with Crippen LogP contribution in [0.5, 0.6) is 0 Å². The van der Waals surface area contributed by atoms with E-state index < -0.39 is 10.0 Å². The summed E-state index contributed by atoms with van der Waals surface area (Å²) in [6, 6.07) is 9.51. The fraction of sp³-hybridized carbons (Fsp3) is 0.278. The molecule has 1 amide bonds. The van der Waals surface area contributed by atoms with Crippen molar-refractivity contribution in [1.29, 1.82) is 0 Å². The van der Waals surface area contributed by atoms with Crippen LogP contribution < -0.4 is 4.72 Å².